The SMILES string of the molecule is CN(C)C(CNC(=O)Cc1c(Cl)cccc1Cl)c1cccs1. The van der Waals surface area contributed by atoms with Gasteiger partial charge in [0, 0.05) is 21.5 Å². The van der Waals surface area contributed by atoms with E-state index in [1.54, 1.807) is 29.5 Å². The van der Waals surface area contributed by atoms with Gasteiger partial charge in [-0.25, -0.2) is 0 Å². The van der Waals surface area contributed by atoms with E-state index in [0.29, 0.717) is 22.2 Å². The van der Waals surface area contributed by atoms with Gasteiger partial charge in [0.2, 0.25) is 5.91 Å². The Labute approximate surface area is 144 Å². The highest BCUT2D eigenvalue weighted by Crippen LogP contribution is 2.25. The third-order valence-corrected chi connectivity index (χ3v) is 5.07. The predicted octanol–water partition coefficient (Wildman–Crippen LogP) is 4.02. The molecule has 0 saturated carbocycles. The van der Waals surface area contributed by atoms with Crippen molar-refractivity contribution in [2.24, 2.45) is 0 Å². The number of amides is 1. The maximum Gasteiger partial charge on any atom is 0.224 e. The van der Waals surface area contributed by atoms with Crippen molar-refractivity contribution in [3.63, 3.8) is 0 Å². The highest BCUT2D eigenvalue weighted by molar-refractivity contribution is 7.10. The summed E-state index contributed by atoms with van der Waals surface area (Å²) >= 11 is 13.9. The molecule has 0 aliphatic carbocycles. The monoisotopic (exact) mass is 356 g/mol. The van der Waals surface area contributed by atoms with E-state index in [9.17, 15) is 4.79 Å². The van der Waals surface area contributed by atoms with E-state index in [1.165, 1.54) is 4.88 Å². The summed E-state index contributed by atoms with van der Waals surface area (Å²) in [7, 11) is 4.00. The van der Waals surface area contributed by atoms with E-state index >= 15 is 0 Å². The highest BCUT2D eigenvalue weighted by Gasteiger charge is 2.17. The number of thiophene rings is 1. The molecule has 6 heteroatoms. The van der Waals surface area contributed by atoms with Crippen LogP contribution < -0.4 is 5.32 Å². The van der Waals surface area contributed by atoms with Crippen molar-refractivity contribution in [1.82, 2.24) is 10.2 Å². The fraction of sp³-hybridized carbons (Fsp3) is 0.312. The number of carbonyl (C=O) groups is 1. The van der Waals surface area contributed by atoms with Gasteiger partial charge in [0.1, 0.15) is 0 Å². The zero-order chi connectivity index (χ0) is 16.1. The molecular formula is C16H18Cl2N2OS. The fourth-order valence-electron chi connectivity index (χ4n) is 2.15. The van der Waals surface area contributed by atoms with Gasteiger partial charge in [-0.1, -0.05) is 35.3 Å². The molecule has 3 nitrogen and oxygen atoms in total. The number of likely N-dealkylation sites (N-methyl/N-ethyl adjacent to an activating group) is 1. The summed E-state index contributed by atoms with van der Waals surface area (Å²) in [6.45, 7) is 0.550. The Morgan fingerprint density at radius 1 is 1.23 bits per heavy atom. The molecule has 1 aromatic carbocycles. The van der Waals surface area contributed by atoms with Gasteiger partial charge in [-0.3, -0.25) is 4.79 Å². The van der Waals surface area contributed by atoms with Crippen LogP contribution in [0.5, 0.6) is 0 Å². The molecule has 0 spiro atoms. The van der Waals surface area contributed by atoms with Crippen LogP contribution in [0.15, 0.2) is 35.7 Å². The first-order valence-electron chi connectivity index (χ1n) is 6.88. The van der Waals surface area contributed by atoms with E-state index in [-0.39, 0.29) is 18.4 Å². The molecule has 0 radical (unpaired) electrons. The summed E-state index contributed by atoms with van der Waals surface area (Å²) in [5.41, 5.74) is 0.667. The van der Waals surface area contributed by atoms with Crippen LogP contribution in [0.2, 0.25) is 10.0 Å². The molecule has 22 heavy (non-hydrogen) atoms. The van der Waals surface area contributed by atoms with Gasteiger partial charge in [-0.05, 0) is 43.2 Å². The molecule has 118 valence electrons. The predicted molar refractivity (Wildman–Crippen MR) is 93.9 cm³/mol. The lowest BCUT2D eigenvalue weighted by Gasteiger charge is -2.23. The number of nitrogens with zero attached hydrogens (tertiary/aromatic N) is 1. The zero-order valence-corrected chi connectivity index (χ0v) is 14.8. The van der Waals surface area contributed by atoms with E-state index in [0.717, 1.165) is 0 Å². The Balaban J connectivity index is 1.97. The van der Waals surface area contributed by atoms with Gasteiger partial charge in [0.25, 0.3) is 0 Å². The van der Waals surface area contributed by atoms with Crippen LogP contribution in [0.4, 0.5) is 0 Å². The van der Waals surface area contributed by atoms with Gasteiger partial charge in [-0.2, -0.15) is 0 Å². The summed E-state index contributed by atoms with van der Waals surface area (Å²) in [6.07, 6.45) is 0.184. The van der Waals surface area contributed by atoms with Crippen molar-refractivity contribution >= 4 is 40.4 Å². The second-order valence-corrected chi connectivity index (χ2v) is 6.97. The molecule has 1 heterocycles. The van der Waals surface area contributed by atoms with Crippen molar-refractivity contribution in [2.75, 3.05) is 20.6 Å². The number of benzene rings is 1. The Morgan fingerprint density at radius 2 is 1.91 bits per heavy atom. The highest BCUT2D eigenvalue weighted by atomic mass is 35.5. The minimum Gasteiger partial charge on any atom is -0.354 e. The second-order valence-electron chi connectivity index (χ2n) is 5.18. The molecule has 0 aliphatic heterocycles. The van der Waals surface area contributed by atoms with Crippen molar-refractivity contribution in [3.05, 3.63) is 56.2 Å². The number of rotatable bonds is 6. The standard InChI is InChI=1S/C16H18Cl2N2OS/c1-20(2)14(15-7-4-8-22-15)10-19-16(21)9-11-12(17)5-3-6-13(11)18/h3-8,14H,9-10H2,1-2H3,(H,19,21). The number of carbonyl (C=O) groups excluding carboxylic acids is 1. The van der Waals surface area contributed by atoms with Gasteiger partial charge < -0.3 is 10.2 Å². The Kier molecular flexibility index (Phi) is 6.26. The first-order valence-corrected chi connectivity index (χ1v) is 8.52. The molecule has 0 saturated heterocycles. The number of halogens is 2. The van der Waals surface area contributed by atoms with Crippen LogP contribution in [-0.2, 0) is 11.2 Å². The molecule has 1 atom stereocenters. The van der Waals surface area contributed by atoms with Gasteiger partial charge in [0.15, 0.2) is 0 Å². The largest absolute Gasteiger partial charge is 0.354 e. The maximum absolute atomic E-state index is 12.2. The van der Waals surface area contributed by atoms with Crippen molar-refractivity contribution < 1.29 is 4.79 Å². The zero-order valence-electron chi connectivity index (χ0n) is 12.5. The quantitative estimate of drug-likeness (QED) is 0.847. The van der Waals surface area contributed by atoms with Crippen LogP contribution in [0, 0.1) is 0 Å². The molecule has 0 bridgehead atoms. The molecule has 1 N–H and O–H groups in total. The maximum atomic E-state index is 12.2. The molecule has 1 aromatic heterocycles. The lowest BCUT2D eigenvalue weighted by molar-refractivity contribution is -0.120. The Hall–Kier alpha value is -1.07. The van der Waals surface area contributed by atoms with E-state index in [2.05, 4.69) is 16.3 Å². The van der Waals surface area contributed by atoms with E-state index < -0.39 is 0 Å². The number of nitrogens with one attached hydrogen (secondary N) is 1. The molecule has 1 unspecified atom stereocenters. The summed E-state index contributed by atoms with van der Waals surface area (Å²) < 4.78 is 0. The van der Waals surface area contributed by atoms with Crippen molar-refractivity contribution in [3.8, 4) is 0 Å². The number of hydrogen-bond donors (Lipinski definition) is 1. The molecule has 1 amide bonds. The smallest absolute Gasteiger partial charge is 0.224 e. The summed E-state index contributed by atoms with van der Waals surface area (Å²) in [5.74, 6) is -0.0848. The van der Waals surface area contributed by atoms with Crippen LogP contribution in [0.3, 0.4) is 0 Å². The van der Waals surface area contributed by atoms with E-state index in [4.69, 9.17) is 23.2 Å². The van der Waals surface area contributed by atoms with E-state index in [1.807, 2.05) is 25.5 Å². The Bertz CT molecular complexity index is 609. The average Bonchev–Trinajstić information content (AvgIpc) is 2.97. The molecule has 2 rings (SSSR count). The molecule has 0 fully saturated rings. The first-order chi connectivity index (χ1) is 10.5. The van der Waals surface area contributed by atoms with Gasteiger partial charge in [-0.15, -0.1) is 11.3 Å². The van der Waals surface area contributed by atoms with Crippen molar-refractivity contribution in [1.29, 1.82) is 0 Å². The normalized spacial score (nSPS) is 12.4. The van der Waals surface area contributed by atoms with Crippen LogP contribution in [0.1, 0.15) is 16.5 Å². The topological polar surface area (TPSA) is 32.3 Å². The van der Waals surface area contributed by atoms with Gasteiger partial charge in [0.05, 0.1) is 12.5 Å². The third kappa shape index (κ3) is 4.46. The Morgan fingerprint density at radius 3 is 2.45 bits per heavy atom. The summed E-state index contributed by atoms with van der Waals surface area (Å²) in [4.78, 5) is 15.5. The molecule has 0 aliphatic rings. The molecule has 2 aromatic rings. The number of hydrogen-bond acceptors (Lipinski definition) is 3. The summed E-state index contributed by atoms with van der Waals surface area (Å²) in [5, 5.41) is 6.04. The van der Waals surface area contributed by atoms with Crippen molar-refractivity contribution in [2.45, 2.75) is 12.5 Å². The summed E-state index contributed by atoms with van der Waals surface area (Å²) in [6, 6.07) is 9.50. The van der Waals surface area contributed by atoms with Gasteiger partial charge >= 0.3 is 0 Å². The van der Waals surface area contributed by atoms with Crippen LogP contribution in [0.25, 0.3) is 0 Å². The minimum absolute atomic E-state index is 0.0848. The third-order valence-electron chi connectivity index (χ3n) is 3.39. The second kappa shape index (κ2) is 7.97. The first kappa shape index (κ1) is 17.3. The van der Waals surface area contributed by atoms with Crippen LogP contribution in [-0.4, -0.2) is 31.4 Å². The lowest BCUT2D eigenvalue weighted by atomic mass is 10.1. The minimum atomic E-state index is -0.0848. The molecular weight excluding hydrogens is 339 g/mol. The van der Waals surface area contributed by atoms with Crippen LogP contribution >= 0.6 is 34.5 Å². The lowest BCUT2D eigenvalue weighted by Crippen LogP contribution is -2.35. The average molecular weight is 357 g/mol. The fourth-order valence-corrected chi connectivity index (χ4v) is 3.61.